The van der Waals surface area contributed by atoms with E-state index >= 15 is 0 Å². The molecule has 0 bridgehead atoms. The minimum Gasteiger partial charge on any atom is -0.432 e. The Balaban J connectivity index is 1.86. The van der Waals surface area contributed by atoms with Crippen molar-refractivity contribution in [2.75, 3.05) is 38.6 Å². The van der Waals surface area contributed by atoms with Crippen LogP contribution in [-0.4, -0.2) is 43.6 Å². The molecule has 2 rings (SSSR count). The smallest absolute Gasteiger partial charge is 0.297 e. The summed E-state index contributed by atoms with van der Waals surface area (Å²) >= 11 is 0. The predicted octanol–water partition coefficient (Wildman–Crippen LogP) is 0.911. The predicted molar refractivity (Wildman–Crippen MR) is 67.9 cm³/mol. The molecule has 2 heterocycles. The largest absolute Gasteiger partial charge is 0.432 e. The zero-order chi connectivity index (χ0) is 12.3. The Kier molecular flexibility index (Phi) is 4.02. The van der Waals surface area contributed by atoms with Gasteiger partial charge in [-0.15, -0.1) is 0 Å². The Bertz CT molecular complexity index is 342. The number of nitrogens with zero attached hydrogens (tertiary/aromatic N) is 3. The minimum absolute atomic E-state index is 0.445. The van der Waals surface area contributed by atoms with Crippen LogP contribution in [0.25, 0.3) is 0 Å². The van der Waals surface area contributed by atoms with Crippen molar-refractivity contribution in [3.63, 3.8) is 0 Å². The average molecular weight is 238 g/mol. The molecule has 5 nitrogen and oxygen atoms in total. The zero-order valence-corrected chi connectivity index (χ0v) is 10.7. The summed E-state index contributed by atoms with van der Waals surface area (Å²) in [6.45, 7) is 3.68. The molecule has 5 heteroatoms. The standard InChI is InChI=1S/C12H22N4O/c1-15(2)8-10-3-5-16(6-4-10)12-14-11(7-13)9-17-12/h9-10H,3-8,13H2,1-2H3. The summed E-state index contributed by atoms with van der Waals surface area (Å²) in [7, 11) is 4.27. The van der Waals surface area contributed by atoms with Crippen LogP contribution in [-0.2, 0) is 6.54 Å². The van der Waals surface area contributed by atoms with Crippen molar-refractivity contribution in [1.82, 2.24) is 9.88 Å². The van der Waals surface area contributed by atoms with Crippen LogP contribution in [0.1, 0.15) is 18.5 Å². The summed E-state index contributed by atoms with van der Waals surface area (Å²) < 4.78 is 5.44. The minimum atomic E-state index is 0.445. The van der Waals surface area contributed by atoms with Crippen LogP contribution in [0.15, 0.2) is 10.7 Å². The summed E-state index contributed by atoms with van der Waals surface area (Å²) in [4.78, 5) is 8.84. The molecule has 0 aliphatic carbocycles. The van der Waals surface area contributed by atoms with E-state index in [4.69, 9.17) is 10.2 Å². The van der Waals surface area contributed by atoms with Gasteiger partial charge in [-0.2, -0.15) is 4.98 Å². The number of oxazole rings is 1. The van der Waals surface area contributed by atoms with E-state index in [0.717, 1.165) is 30.7 Å². The topological polar surface area (TPSA) is 58.5 Å². The first-order valence-electron chi connectivity index (χ1n) is 6.23. The molecule has 96 valence electrons. The second kappa shape index (κ2) is 5.51. The Hall–Kier alpha value is -1.07. The third-order valence-electron chi connectivity index (χ3n) is 3.26. The van der Waals surface area contributed by atoms with Gasteiger partial charge in [0.25, 0.3) is 6.01 Å². The van der Waals surface area contributed by atoms with Gasteiger partial charge in [0.05, 0.1) is 5.69 Å². The quantitative estimate of drug-likeness (QED) is 0.845. The summed E-state index contributed by atoms with van der Waals surface area (Å²) in [6.07, 6.45) is 4.07. The van der Waals surface area contributed by atoms with Crippen LogP contribution in [0, 0.1) is 5.92 Å². The maximum atomic E-state index is 5.52. The summed E-state index contributed by atoms with van der Waals surface area (Å²) in [5.74, 6) is 0.796. The molecule has 1 aliphatic rings. The lowest BCUT2D eigenvalue weighted by Gasteiger charge is -2.32. The molecule has 0 unspecified atom stereocenters. The van der Waals surface area contributed by atoms with Crippen molar-refractivity contribution >= 4 is 6.01 Å². The fourth-order valence-corrected chi connectivity index (χ4v) is 2.36. The fraction of sp³-hybridized carbons (Fsp3) is 0.750. The molecule has 0 spiro atoms. The van der Waals surface area contributed by atoms with Gasteiger partial charge in [-0.25, -0.2) is 0 Å². The van der Waals surface area contributed by atoms with Crippen LogP contribution >= 0.6 is 0 Å². The summed E-state index contributed by atoms with van der Waals surface area (Å²) in [5, 5.41) is 0. The number of aromatic nitrogens is 1. The first-order chi connectivity index (χ1) is 8.19. The fourth-order valence-electron chi connectivity index (χ4n) is 2.36. The van der Waals surface area contributed by atoms with Crippen molar-refractivity contribution in [3.05, 3.63) is 12.0 Å². The van der Waals surface area contributed by atoms with Crippen LogP contribution in [0.4, 0.5) is 6.01 Å². The molecule has 0 atom stereocenters. The lowest BCUT2D eigenvalue weighted by molar-refractivity contribution is 0.281. The number of piperidine rings is 1. The third-order valence-corrected chi connectivity index (χ3v) is 3.26. The highest BCUT2D eigenvalue weighted by Crippen LogP contribution is 2.22. The maximum absolute atomic E-state index is 5.52. The molecule has 1 aliphatic heterocycles. The highest BCUT2D eigenvalue weighted by molar-refractivity contribution is 5.27. The lowest BCUT2D eigenvalue weighted by atomic mass is 9.97. The van der Waals surface area contributed by atoms with Gasteiger partial charge < -0.3 is 20.0 Å². The van der Waals surface area contributed by atoms with E-state index in [1.54, 1.807) is 6.26 Å². The number of rotatable bonds is 4. The van der Waals surface area contributed by atoms with E-state index in [9.17, 15) is 0 Å². The molecule has 1 aromatic heterocycles. The van der Waals surface area contributed by atoms with Gasteiger partial charge in [-0.1, -0.05) is 0 Å². The van der Waals surface area contributed by atoms with Crippen molar-refractivity contribution in [1.29, 1.82) is 0 Å². The lowest BCUT2D eigenvalue weighted by Crippen LogP contribution is -2.37. The Labute approximate surface area is 103 Å². The van der Waals surface area contributed by atoms with Gasteiger partial charge in [-0.3, -0.25) is 0 Å². The van der Waals surface area contributed by atoms with E-state index in [1.165, 1.54) is 19.4 Å². The van der Waals surface area contributed by atoms with Crippen molar-refractivity contribution in [2.45, 2.75) is 19.4 Å². The highest BCUT2D eigenvalue weighted by atomic mass is 16.4. The normalized spacial score (nSPS) is 18.0. The first kappa shape index (κ1) is 12.4. The van der Waals surface area contributed by atoms with Gasteiger partial charge in [0, 0.05) is 26.2 Å². The van der Waals surface area contributed by atoms with E-state index in [0.29, 0.717) is 6.54 Å². The number of hydrogen-bond acceptors (Lipinski definition) is 5. The molecular weight excluding hydrogens is 216 g/mol. The molecule has 17 heavy (non-hydrogen) atoms. The van der Waals surface area contributed by atoms with Crippen molar-refractivity contribution in [2.24, 2.45) is 11.7 Å². The Morgan fingerprint density at radius 3 is 2.71 bits per heavy atom. The van der Waals surface area contributed by atoms with Crippen LogP contribution in [0.5, 0.6) is 0 Å². The molecule has 0 amide bonds. The SMILES string of the molecule is CN(C)CC1CCN(c2nc(CN)co2)CC1. The summed E-state index contributed by atoms with van der Waals surface area (Å²) in [5.41, 5.74) is 6.35. The molecule has 0 saturated carbocycles. The van der Waals surface area contributed by atoms with Gasteiger partial charge in [0.1, 0.15) is 6.26 Å². The number of anilines is 1. The molecule has 1 fully saturated rings. The molecule has 0 aromatic carbocycles. The van der Waals surface area contributed by atoms with Crippen LogP contribution in [0.2, 0.25) is 0 Å². The third kappa shape index (κ3) is 3.20. The van der Waals surface area contributed by atoms with Gasteiger partial charge in [0.15, 0.2) is 0 Å². The van der Waals surface area contributed by atoms with Crippen molar-refractivity contribution < 1.29 is 4.42 Å². The average Bonchev–Trinajstić information content (AvgIpc) is 2.78. The van der Waals surface area contributed by atoms with Gasteiger partial charge in [0.2, 0.25) is 0 Å². The molecule has 1 aromatic rings. The van der Waals surface area contributed by atoms with Crippen LogP contribution in [0.3, 0.4) is 0 Å². The molecule has 2 N–H and O–H groups in total. The highest BCUT2D eigenvalue weighted by Gasteiger charge is 2.22. The Morgan fingerprint density at radius 2 is 2.18 bits per heavy atom. The molecule has 1 saturated heterocycles. The van der Waals surface area contributed by atoms with E-state index < -0.39 is 0 Å². The van der Waals surface area contributed by atoms with Crippen molar-refractivity contribution in [3.8, 4) is 0 Å². The Morgan fingerprint density at radius 1 is 1.47 bits per heavy atom. The molecule has 0 radical (unpaired) electrons. The number of nitrogens with two attached hydrogens (primary N) is 1. The second-order valence-corrected chi connectivity index (χ2v) is 5.02. The van der Waals surface area contributed by atoms with Crippen LogP contribution < -0.4 is 10.6 Å². The second-order valence-electron chi connectivity index (χ2n) is 5.02. The first-order valence-corrected chi connectivity index (χ1v) is 6.23. The van der Waals surface area contributed by atoms with Gasteiger partial charge >= 0.3 is 0 Å². The maximum Gasteiger partial charge on any atom is 0.297 e. The number of hydrogen-bond donors (Lipinski definition) is 1. The monoisotopic (exact) mass is 238 g/mol. The van der Waals surface area contributed by atoms with E-state index in [1.807, 2.05) is 0 Å². The van der Waals surface area contributed by atoms with E-state index in [2.05, 4.69) is 28.9 Å². The summed E-state index contributed by atoms with van der Waals surface area (Å²) in [6, 6.07) is 0.730. The zero-order valence-electron chi connectivity index (χ0n) is 10.7. The van der Waals surface area contributed by atoms with Gasteiger partial charge in [-0.05, 0) is 32.9 Å². The molecular formula is C12H22N4O. The van der Waals surface area contributed by atoms with E-state index in [-0.39, 0.29) is 0 Å².